The minimum Gasteiger partial charge on any atom is -0.494 e. The molecule has 0 aliphatic carbocycles. The van der Waals surface area contributed by atoms with Gasteiger partial charge in [0.1, 0.15) is 17.4 Å². The van der Waals surface area contributed by atoms with Crippen LogP contribution in [0.3, 0.4) is 0 Å². The fourth-order valence-electron chi connectivity index (χ4n) is 3.39. The summed E-state index contributed by atoms with van der Waals surface area (Å²) < 4.78 is 7.13. The van der Waals surface area contributed by atoms with E-state index in [1.54, 1.807) is 9.42 Å². The quantitative estimate of drug-likeness (QED) is 0.617. The maximum Gasteiger partial charge on any atom is 0.222 e. The van der Waals surface area contributed by atoms with Crippen molar-refractivity contribution in [3.8, 4) is 11.8 Å². The molecule has 1 aromatic carbocycles. The number of nitriles is 1. The van der Waals surface area contributed by atoms with E-state index in [-0.39, 0.29) is 5.91 Å². The topological polar surface area (TPSA) is 83.5 Å². The second kappa shape index (κ2) is 8.74. The third-order valence-corrected chi connectivity index (χ3v) is 5.00. The summed E-state index contributed by atoms with van der Waals surface area (Å²) >= 11 is 0. The molecule has 7 heteroatoms. The van der Waals surface area contributed by atoms with Crippen molar-refractivity contribution in [1.82, 2.24) is 19.5 Å². The van der Waals surface area contributed by atoms with E-state index in [1.165, 1.54) is 6.20 Å². The smallest absolute Gasteiger partial charge is 0.222 e. The Morgan fingerprint density at radius 1 is 1.28 bits per heavy atom. The molecule has 29 heavy (non-hydrogen) atoms. The van der Waals surface area contributed by atoms with Gasteiger partial charge in [0.2, 0.25) is 5.91 Å². The van der Waals surface area contributed by atoms with Crippen molar-refractivity contribution >= 4 is 11.6 Å². The number of carbonyl (C=O) groups excluding carboxylic acids is 1. The van der Waals surface area contributed by atoms with Gasteiger partial charge in [0.05, 0.1) is 12.8 Å². The second-order valence-corrected chi connectivity index (χ2v) is 6.99. The second-order valence-electron chi connectivity index (χ2n) is 6.99. The highest BCUT2D eigenvalue weighted by Gasteiger charge is 2.16. The maximum atomic E-state index is 12.6. The molecule has 0 spiro atoms. The summed E-state index contributed by atoms with van der Waals surface area (Å²) in [5.74, 6) is 0.896. The van der Waals surface area contributed by atoms with Crippen LogP contribution in [0.4, 0.5) is 0 Å². The highest BCUT2D eigenvalue weighted by Crippen LogP contribution is 2.19. The molecule has 3 rings (SSSR count). The number of amides is 1. The number of hydrogen-bond acceptors (Lipinski definition) is 5. The number of fused-ring (bicyclic) bond motifs is 1. The first-order chi connectivity index (χ1) is 13.9. The molecule has 7 nitrogen and oxygen atoms in total. The molecule has 0 saturated carbocycles. The van der Waals surface area contributed by atoms with Crippen LogP contribution >= 0.6 is 0 Å². The highest BCUT2D eigenvalue weighted by atomic mass is 16.5. The van der Waals surface area contributed by atoms with Crippen LogP contribution in [-0.4, -0.2) is 39.1 Å². The van der Waals surface area contributed by atoms with E-state index in [0.717, 1.165) is 28.3 Å². The van der Waals surface area contributed by atoms with E-state index in [9.17, 15) is 10.1 Å². The third-order valence-electron chi connectivity index (χ3n) is 5.00. The average Bonchev–Trinajstić information content (AvgIpc) is 3.12. The number of hydrogen-bond donors (Lipinski definition) is 0. The lowest BCUT2D eigenvalue weighted by molar-refractivity contribution is -0.130. The summed E-state index contributed by atoms with van der Waals surface area (Å²) in [7, 11) is 1.81. The van der Waals surface area contributed by atoms with Crippen molar-refractivity contribution in [2.45, 2.75) is 40.2 Å². The standard InChI is InChI=1S/C22H25N5O2/c1-5-29-19-8-6-17(7-9-19)14-26(4)21(28)11-10-20-15(2)25-22-18(12-23)13-24-27(22)16(20)3/h6-9,13H,5,10-11,14H2,1-4H3. The predicted octanol–water partition coefficient (Wildman–Crippen LogP) is 3.21. The van der Waals surface area contributed by atoms with Gasteiger partial charge in [-0.15, -0.1) is 0 Å². The molecule has 0 unspecified atom stereocenters. The van der Waals surface area contributed by atoms with E-state index in [2.05, 4.69) is 16.2 Å². The van der Waals surface area contributed by atoms with Gasteiger partial charge in [-0.25, -0.2) is 9.50 Å². The molecule has 0 fully saturated rings. The Morgan fingerprint density at radius 2 is 2.00 bits per heavy atom. The summed E-state index contributed by atoms with van der Waals surface area (Å²) in [5.41, 5.74) is 4.80. The van der Waals surface area contributed by atoms with Gasteiger partial charge in [-0.05, 0) is 50.5 Å². The van der Waals surface area contributed by atoms with Gasteiger partial charge in [-0.3, -0.25) is 4.79 Å². The first-order valence-corrected chi connectivity index (χ1v) is 9.64. The zero-order chi connectivity index (χ0) is 21.0. The van der Waals surface area contributed by atoms with E-state index < -0.39 is 0 Å². The molecule has 0 aliphatic heterocycles. The fourth-order valence-corrected chi connectivity index (χ4v) is 3.39. The van der Waals surface area contributed by atoms with Gasteiger partial charge in [0, 0.05) is 31.4 Å². The van der Waals surface area contributed by atoms with Crippen molar-refractivity contribution in [2.24, 2.45) is 0 Å². The molecular formula is C22H25N5O2. The van der Waals surface area contributed by atoms with Gasteiger partial charge in [-0.2, -0.15) is 10.4 Å². The minimum atomic E-state index is 0.0657. The van der Waals surface area contributed by atoms with Crippen molar-refractivity contribution in [2.75, 3.05) is 13.7 Å². The molecule has 1 amide bonds. The Labute approximate surface area is 170 Å². The van der Waals surface area contributed by atoms with Crippen molar-refractivity contribution < 1.29 is 9.53 Å². The number of aryl methyl sites for hydroxylation is 2. The van der Waals surface area contributed by atoms with Gasteiger partial charge < -0.3 is 9.64 Å². The molecule has 0 saturated heterocycles. The molecule has 0 bridgehead atoms. The number of aromatic nitrogens is 3. The molecular weight excluding hydrogens is 366 g/mol. The van der Waals surface area contributed by atoms with Crippen LogP contribution in [0, 0.1) is 25.2 Å². The van der Waals surface area contributed by atoms with Gasteiger partial charge in [0.15, 0.2) is 5.65 Å². The van der Waals surface area contributed by atoms with Crippen LogP contribution < -0.4 is 4.74 Å². The Kier molecular flexibility index (Phi) is 6.13. The SMILES string of the molecule is CCOc1ccc(CN(C)C(=O)CCc2c(C)nc3c(C#N)cnn3c2C)cc1. The number of benzene rings is 1. The molecule has 0 atom stereocenters. The molecule has 3 aromatic rings. The lowest BCUT2D eigenvalue weighted by Gasteiger charge is -2.18. The van der Waals surface area contributed by atoms with E-state index in [1.807, 2.05) is 52.1 Å². The van der Waals surface area contributed by atoms with E-state index in [4.69, 9.17) is 4.74 Å². The lowest BCUT2D eigenvalue weighted by atomic mass is 10.1. The number of ether oxygens (including phenoxy) is 1. The first-order valence-electron chi connectivity index (χ1n) is 9.64. The summed E-state index contributed by atoms with van der Waals surface area (Å²) in [5, 5.41) is 13.4. The summed E-state index contributed by atoms with van der Waals surface area (Å²) in [6.45, 7) is 6.98. The van der Waals surface area contributed by atoms with Crippen LogP contribution in [0.2, 0.25) is 0 Å². The monoisotopic (exact) mass is 391 g/mol. The molecule has 2 heterocycles. The van der Waals surface area contributed by atoms with E-state index >= 15 is 0 Å². The Bertz CT molecular complexity index is 1060. The average molecular weight is 391 g/mol. The summed E-state index contributed by atoms with van der Waals surface area (Å²) in [6.07, 6.45) is 2.48. The van der Waals surface area contributed by atoms with Crippen molar-refractivity contribution in [3.05, 3.63) is 58.5 Å². The largest absolute Gasteiger partial charge is 0.494 e. The molecule has 2 aromatic heterocycles. The van der Waals surface area contributed by atoms with Crippen LogP contribution in [0.25, 0.3) is 5.65 Å². The molecule has 150 valence electrons. The number of rotatable bonds is 7. The van der Waals surface area contributed by atoms with Crippen LogP contribution in [0.1, 0.15) is 41.4 Å². The normalized spacial score (nSPS) is 10.7. The predicted molar refractivity (Wildman–Crippen MR) is 110 cm³/mol. The third kappa shape index (κ3) is 4.37. The Morgan fingerprint density at radius 3 is 2.66 bits per heavy atom. The van der Waals surface area contributed by atoms with Gasteiger partial charge in [-0.1, -0.05) is 12.1 Å². The Balaban J connectivity index is 1.66. The van der Waals surface area contributed by atoms with Crippen LogP contribution in [-0.2, 0) is 17.8 Å². The number of nitrogens with zero attached hydrogens (tertiary/aromatic N) is 5. The van der Waals surface area contributed by atoms with Crippen molar-refractivity contribution in [3.63, 3.8) is 0 Å². The first kappa shape index (κ1) is 20.3. The molecule has 0 radical (unpaired) electrons. The van der Waals surface area contributed by atoms with Crippen LogP contribution in [0.15, 0.2) is 30.5 Å². The highest BCUT2D eigenvalue weighted by molar-refractivity contribution is 5.76. The molecule has 0 N–H and O–H groups in total. The maximum absolute atomic E-state index is 12.6. The summed E-state index contributed by atoms with van der Waals surface area (Å²) in [4.78, 5) is 18.9. The summed E-state index contributed by atoms with van der Waals surface area (Å²) in [6, 6.07) is 9.91. The lowest BCUT2D eigenvalue weighted by Crippen LogP contribution is -2.26. The Hall–Kier alpha value is -3.40. The fraction of sp³-hybridized carbons (Fsp3) is 0.364. The van der Waals surface area contributed by atoms with E-state index in [0.29, 0.717) is 37.2 Å². The minimum absolute atomic E-state index is 0.0657. The zero-order valence-corrected chi connectivity index (χ0v) is 17.3. The molecule has 0 aliphatic rings. The zero-order valence-electron chi connectivity index (χ0n) is 17.3. The van der Waals surface area contributed by atoms with Gasteiger partial charge in [0.25, 0.3) is 0 Å². The van der Waals surface area contributed by atoms with Crippen molar-refractivity contribution in [1.29, 1.82) is 5.26 Å². The number of carbonyl (C=O) groups is 1. The van der Waals surface area contributed by atoms with Crippen LogP contribution in [0.5, 0.6) is 5.75 Å². The van der Waals surface area contributed by atoms with Gasteiger partial charge >= 0.3 is 0 Å².